The zero-order valence-corrected chi connectivity index (χ0v) is 19.8. The van der Waals surface area contributed by atoms with Gasteiger partial charge in [0.2, 0.25) is 0 Å². The zero-order chi connectivity index (χ0) is 24.3. The maximum absolute atomic E-state index is 11.2. The van der Waals surface area contributed by atoms with Crippen molar-refractivity contribution in [1.29, 1.82) is 0 Å². The molecule has 4 rings (SSSR count). The van der Waals surface area contributed by atoms with E-state index in [2.05, 4.69) is 9.97 Å². The zero-order valence-electron chi connectivity index (χ0n) is 16.6. The fraction of sp³-hybridized carbons (Fsp3) is 0.0500. The number of para-hydroxylation sites is 2. The molecule has 0 fully saturated rings. The average molecular weight is 579 g/mol. The van der Waals surface area contributed by atoms with E-state index in [4.69, 9.17) is 48.4 Å². The third-order valence-corrected chi connectivity index (χ3v) is 3.72. The van der Waals surface area contributed by atoms with Crippen molar-refractivity contribution in [3.63, 3.8) is 0 Å². The number of carboxylic acid groups (broad SMARTS) is 1. The smallest absolute Gasteiger partial charge is 0.871 e. The van der Waals surface area contributed by atoms with Gasteiger partial charge in [-0.2, -0.15) is 0 Å². The Hall–Kier alpha value is -3.27. The minimum Gasteiger partial charge on any atom is -0.871 e. The molecule has 0 aliphatic heterocycles. The summed E-state index contributed by atoms with van der Waals surface area (Å²) in [5.74, 6) is -1.26. The predicted octanol–water partition coefficient (Wildman–Crippen LogP) is 2.44. The van der Waals surface area contributed by atoms with Crippen molar-refractivity contribution in [2.75, 3.05) is 0 Å². The summed E-state index contributed by atoms with van der Waals surface area (Å²) >= 11 is 11.3. The number of halogens is 2. The number of fused-ring (bicyclic) bond motifs is 2. The molecule has 0 radical (unpaired) electrons. The van der Waals surface area contributed by atoms with E-state index in [0.29, 0.717) is 21.3 Å². The Morgan fingerprint density at radius 2 is 1.09 bits per heavy atom. The summed E-state index contributed by atoms with van der Waals surface area (Å²) in [6.07, 6.45) is 0. The Morgan fingerprint density at radius 3 is 1.39 bits per heavy atom. The standard InChI is InChI=1S/2C9H6ClNO.C2H4O2.NO3.Ru/c2*10-8-5-4-6-2-1-3-7(12)9(6)11-8;1-2(3)4;2-1(3)4;/h2*1-5,12H;1H3,(H,3,4);;/q;;;-1;+4/p-3. The molecule has 0 saturated carbocycles. The minimum absolute atomic E-state index is 0. The van der Waals surface area contributed by atoms with Crippen LogP contribution < -0.4 is 15.3 Å². The number of nitrogens with zero attached hydrogens (tertiary/aromatic N) is 3. The number of aromatic nitrogens is 2. The van der Waals surface area contributed by atoms with E-state index >= 15 is 0 Å². The normalized spacial score (nSPS) is 9.06. The van der Waals surface area contributed by atoms with E-state index in [9.17, 15) is 10.2 Å². The van der Waals surface area contributed by atoms with Crippen LogP contribution in [0.3, 0.4) is 0 Å². The van der Waals surface area contributed by atoms with E-state index in [1.54, 1.807) is 36.4 Å². The second-order valence-electron chi connectivity index (χ2n) is 5.64. The van der Waals surface area contributed by atoms with Crippen LogP contribution in [0.25, 0.3) is 21.8 Å². The summed E-state index contributed by atoms with van der Waals surface area (Å²) < 4.78 is 0. The average Bonchev–Trinajstić information content (AvgIpc) is 2.69. The SMILES string of the molecule is CC(=O)[O-].O=[N+]([O-])[O-].[O-]c1cccc2ccc(Cl)nc12.[O-]c1cccc2ccc(Cl)nc12.[Ru+4]. The van der Waals surface area contributed by atoms with Crippen molar-refractivity contribution < 1.29 is 44.7 Å². The van der Waals surface area contributed by atoms with E-state index in [1.165, 1.54) is 12.1 Å². The first-order valence-corrected chi connectivity index (χ1v) is 9.20. The predicted molar refractivity (Wildman–Crippen MR) is 113 cm³/mol. The Kier molecular flexibility index (Phi) is 13.3. The van der Waals surface area contributed by atoms with Crippen LogP contribution in [0.1, 0.15) is 6.92 Å². The fourth-order valence-electron chi connectivity index (χ4n) is 2.19. The summed E-state index contributed by atoms with van der Waals surface area (Å²) in [6, 6.07) is 16.9. The van der Waals surface area contributed by atoms with Crippen LogP contribution in [0.15, 0.2) is 60.7 Å². The van der Waals surface area contributed by atoms with Crippen LogP contribution in [0.2, 0.25) is 10.3 Å². The molecule has 0 saturated heterocycles. The van der Waals surface area contributed by atoms with Crippen LogP contribution >= 0.6 is 23.2 Å². The molecule has 2 aromatic heterocycles. The molecule has 10 nitrogen and oxygen atoms in total. The van der Waals surface area contributed by atoms with Gasteiger partial charge in [0.1, 0.15) is 10.3 Å². The van der Waals surface area contributed by atoms with Gasteiger partial charge >= 0.3 is 19.5 Å². The van der Waals surface area contributed by atoms with Crippen molar-refractivity contribution in [3.05, 3.63) is 86.3 Å². The molecule has 0 spiro atoms. The number of rotatable bonds is 0. The van der Waals surface area contributed by atoms with E-state index < -0.39 is 11.1 Å². The maximum Gasteiger partial charge on any atom is 4.00 e. The quantitative estimate of drug-likeness (QED) is 0.131. The molecule has 13 heteroatoms. The topological polar surface area (TPSA) is 178 Å². The van der Waals surface area contributed by atoms with Crippen LogP contribution in [0.5, 0.6) is 11.5 Å². The van der Waals surface area contributed by atoms with Crippen molar-refractivity contribution in [1.82, 2.24) is 9.97 Å². The number of benzene rings is 2. The monoisotopic (exact) mass is 579 g/mol. The summed E-state index contributed by atoms with van der Waals surface area (Å²) in [5.41, 5.74) is 0.870. The Bertz CT molecular complexity index is 1130. The first-order chi connectivity index (χ1) is 15.0. The molecule has 0 aliphatic rings. The van der Waals surface area contributed by atoms with Gasteiger partial charge in [0.25, 0.3) is 0 Å². The molecule has 0 atom stereocenters. The minimum atomic E-state index is -1.75. The number of carboxylic acids is 1. The van der Waals surface area contributed by atoms with Crippen LogP contribution in [0, 0.1) is 15.3 Å². The second kappa shape index (κ2) is 14.7. The van der Waals surface area contributed by atoms with Crippen LogP contribution in [-0.4, -0.2) is 21.0 Å². The number of hydrogen-bond donors (Lipinski definition) is 0. The molecular formula is C20H13Cl2N3O7Ru. The molecule has 0 amide bonds. The van der Waals surface area contributed by atoms with E-state index in [1.807, 2.05) is 12.1 Å². The third-order valence-electron chi connectivity index (χ3n) is 3.30. The molecule has 0 unspecified atom stereocenters. The van der Waals surface area contributed by atoms with Gasteiger partial charge in [-0.25, -0.2) is 9.97 Å². The van der Waals surface area contributed by atoms with Gasteiger partial charge in [0.05, 0.1) is 16.1 Å². The molecule has 0 N–H and O–H groups in total. The van der Waals surface area contributed by atoms with E-state index in [0.717, 1.165) is 17.7 Å². The number of carbonyl (C=O) groups is 1. The largest absolute Gasteiger partial charge is 4.00 e. The van der Waals surface area contributed by atoms with Crippen LogP contribution in [0.4, 0.5) is 0 Å². The second-order valence-corrected chi connectivity index (χ2v) is 6.41. The van der Waals surface area contributed by atoms with Gasteiger partial charge in [-0.15, -0.1) is 0 Å². The van der Waals surface area contributed by atoms with Gasteiger partial charge in [0, 0.05) is 5.97 Å². The van der Waals surface area contributed by atoms with Crippen molar-refractivity contribution in [3.8, 4) is 11.5 Å². The molecule has 0 bridgehead atoms. The molecule has 0 aliphatic carbocycles. The summed E-state index contributed by atoms with van der Waals surface area (Å²) in [5, 5.41) is 48.4. The van der Waals surface area contributed by atoms with Crippen molar-refractivity contribution in [2.45, 2.75) is 6.92 Å². The first kappa shape index (κ1) is 29.7. The summed E-state index contributed by atoms with van der Waals surface area (Å²) in [6.45, 7) is 0.972. The molecule has 2 aromatic carbocycles. The third kappa shape index (κ3) is 11.2. The fourth-order valence-corrected chi connectivity index (χ4v) is 2.49. The summed E-state index contributed by atoms with van der Waals surface area (Å²) in [7, 11) is 0. The Balaban J connectivity index is 0.000000462. The molecule has 2 heterocycles. The van der Waals surface area contributed by atoms with Gasteiger partial charge in [-0.1, -0.05) is 71.1 Å². The van der Waals surface area contributed by atoms with Gasteiger partial charge in [-0.05, 0) is 42.0 Å². The first-order valence-electron chi connectivity index (χ1n) is 8.45. The van der Waals surface area contributed by atoms with E-state index in [-0.39, 0.29) is 31.0 Å². The summed E-state index contributed by atoms with van der Waals surface area (Å²) in [4.78, 5) is 25.0. The number of aliphatic carboxylic acids is 1. The number of pyridine rings is 2. The Labute approximate surface area is 209 Å². The maximum atomic E-state index is 11.2. The molecular weight excluding hydrogens is 566 g/mol. The Morgan fingerprint density at radius 1 is 0.788 bits per heavy atom. The van der Waals surface area contributed by atoms with Crippen LogP contribution in [-0.2, 0) is 24.3 Å². The molecule has 172 valence electrons. The number of carbonyl (C=O) groups excluding carboxylic acids is 1. The number of hydrogen-bond acceptors (Lipinski definition) is 9. The molecule has 4 aromatic rings. The molecule has 33 heavy (non-hydrogen) atoms. The van der Waals surface area contributed by atoms with Gasteiger partial charge in [-0.3, -0.25) is 0 Å². The van der Waals surface area contributed by atoms with Gasteiger partial charge in [0.15, 0.2) is 0 Å². The van der Waals surface area contributed by atoms with Crippen molar-refractivity contribution in [2.24, 2.45) is 0 Å². The van der Waals surface area contributed by atoms with Crippen molar-refractivity contribution >= 4 is 51.0 Å². The van der Waals surface area contributed by atoms with Gasteiger partial charge < -0.3 is 35.4 Å².